The fourth-order valence-electron chi connectivity index (χ4n) is 6.17. The number of nitrogens with one attached hydrogen (secondary N) is 1. The number of nitrogens with zero attached hydrogens (tertiary/aromatic N) is 1. The van der Waals surface area contributed by atoms with E-state index in [0.29, 0.717) is 0 Å². The summed E-state index contributed by atoms with van der Waals surface area (Å²) < 4.78 is 0. The van der Waals surface area contributed by atoms with Gasteiger partial charge in [0.15, 0.2) is 0 Å². The van der Waals surface area contributed by atoms with Crippen LogP contribution in [0.25, 0.3) is 0 Å². The Labute approximate surface area is 123 Å². The summed E-state index contributed by atoms with van der Waals surface area (Å²) in [6, 6.07) is 2.63. The normalized spacial score (nSPS) is 45.2. The molecule has 1 N–H and O–H groups in total. The van der Waals surface area contributed by atoms with Crippen LogP contribution in [-0.2, 0) is 0 Å². The van der Waals surface area contributed by atoms with E-state index in [0.717, 1.165) is 49.0 Å². The lowest BCUT2D eigenvalue weighted by Gasteiger charge is -2.55. The van der Waals surface area contributed by atoms with Gasteiger partial charge in [-0.3, -0.25) is 5.32 Å². The zero-order chi connectivity index (χ0) is 13.6. The van der Waals surface area contributed by atoms with Gasteiger partial charge in [0, 0.05) is 0 Å². The fourth-order valence-corrected chi connectivity index (χ4v) is 6.17. The molecule has 5 aliphatic rings. The largest absolute Gasteiger partial charge is 0.299 e. The monoisotopic (exact) mass is 272 g/mol. The van der Waals surface area contributed by atoms with Crippen molar-refractivity contribution in [3.8, 4) is 6.07 Å². The van der Waals surface area contributed by atoms with Crippen molar-refractivity contribution in [3.63, 3.8) is 0 Å². The zero-order valence-corrected chi connectivity index (χ0v) is 12.6. The first-order valence-electron chi connectivity index (χ1n) is 8.94. The minimum absolute atomic E-state index is 0.174. The summed E-state index contributed by atoms with van der Waals surface area (Å²) in [5.41, 5.74) is -0.174. The zero-order valence-electron chi connectivity index (χ0n) is 12.6. The fraction of sp³-hybridized carbons (Fsp3) is 0.944. The van der Waals surface area contributed by atoms with Crippen LogP contribution in [0.15, 0.2) is 0 Å². The molecule has 0 radical (unpaired) electrons. The summed E-state index contributed by atoms with van der Waals surface area (Å²) in [6.07, 6.45) is 13.5. The Morgan fingerprint density at radius 3 is 2.05 bits per heavy atom. The van der Waals surface area contributed by atoms with Crippen LogP contribution in [0.2, 0.25) is 0 Å². The van der Waals surface area contributed by atoms with Crippen LogP contribution >= 0.6 is 0 Å². The lowest BCUT2D eigenvalue weighted by atomic mass is 9.52. The second-order valence-corrected chi connectivity index (χ2v) is 8.23. The Bertz CT molecular complexity index is 374. The van der Waals surface area contributed by atoms with Crippen LogP contribution in [-0.4, -0.2) is 12.1 Å². The maximum atomic E-state index is 9.61. The Morgan fingerprint density at radius 1 is 0.900 bits per heavy atom. The van der Waals surface area contributed by atoms with Crippen LogP contribution in [0.5, 0.6) is 0 Å². The number of nitriles is 1. The number of hydrogen-bond donors (Lipinski definition) is 1. The smallest absolute Gasteiger partial charge is 0.106 e. The third kappa shape index (κ3) is 2.19. The molecule has 0 heterocycles. The highest BCUT2D eigenvalue weighted by atomic mass is 15.0. The molecule has 0 spiro atoms. The molecule has 5 aliphatic carbocycles. The SMILES string of the molecule is N#CC1(NCC2C3CC4CC(C3)CC2C4)CCCCC1. The highest BCUT2D eigenvalue weighted by Crippen LogP contribution is 2.56. The lowest BCUT2D eigenvalue weighted by molar-refractivity contribution is -0.0377. The van der Waals surface area contributed by atoms with Crippen LogP contribution in [0.1, 0.15) is 64.2 Å². The van der Waals surface area contributed by atoms with E-state index in [-0.39, 0.29) is 5.54 Å². The molecule has 5 saturated carbocycles. The first-order chi connectivity index (χ1) is 9.78. The standard InChI is InChI=1S/C18H28N2/c19-12-18(4-2-1-3-5-18)20-11-17-15-7-13-6-14(9-15)10-16(17)8-13/h13-17,20H,1-11H2. The Balaban J connectivity index is 1.41. The first kappa shape index (κ1) is 13.1. The van der Waals surface area contributed by atoms with Crippen molar-refractivity contribution in [3.05, 3.63) is 0 Å². The molecule has 0 aliphatic heterocycles. The molecule has 4 bridgehead atoms. The van der Waals surface area contributed by atoms with E-state index < -0.39 is 0 Å². The van der Waals surface area contributed by atoms with Gasteiger partial charge in [-0.25, -0.2) is 0 Å². The predicted molar refractivity (Wildman–Crippen MR) is 80.0 cm³/mol. The molecule has 5 fully saturated rings. The van der Waals surface area contributed by atoms with Crippen molar-refractivity contribution in [2.75, 3.05) is 6.54 Å². The maximum Gasteiger partial charge on any atom is 0.106 e. The molecule has 0 saturated heterocycles. The quantitative estimate of drug-likeness (QED) is 0.846. The maximum absolute atomic E-state index is 9.61. The Kier molecular flexibility index (Phi) is 3.30. The van der Waals surface area contributed by atoms with Crippen LogP contribution in [0.4, 0.5) is 0 Å². The van der Waals surface area contributed by atoms with Crippen LogP contribution in [0, 0.1) is 40.9 Å². The van der Waals surface area contributed by atoms with E-state index in [9.17, 15) is 5.26 Å². The van der Waals surface area contributed by atoms with Gasteiger partial charge >= 0.3 is 0 Å². The van der Waals surface area contributed by atoms with Crippen molar-refractivity contribution in [1.82, 2.24) is 5.32 Å². The molecule has 2 heteroatoms. The van der Waals surface area contributed by atoms with Crippen molar-refractivity contribution < 1.29 is 0 Å². The average Bonchev–Trinajstić information content (AvgIpc) is 2.47. The van der Waals surface area contributed by atoms with Crippen molar-refractivity contribution >= 4 is 0 Å². The van der Waals surface area contributed by atoms with Crippen molar-refractivity contribution in [1.29, 1.82) is 5.26 Å². The number of hydrogen-bond acceptors (Lipinski definition) is 2. The van der Waals surface area contributed by atoms with Crippen molar-refractivity contribution in [2.24, 2.45) is 29.6 Å². The third-order valence-corrected chi connectivity index (χ3v) is 7.02. The van der Waals surface area contributed by atoms with Gasteiger partial charge in [-0.1, -0.05) is 19.3 Å². The second-order valence-electron chi connectivity index (χ2n) is 8.23. The second kappa shape index (κ2) is 5.02. The molecular weight excluding hydrogens is 244 g/mol. The molecule has 0 aromatic carbocycles. The van der Waals surface area contributed by atoms with Gasteiger partial charge in [-0.2, -0.15) is 5.26 Å². The third-order valence-electron chi connectivity index (χ3n) is 7.02. The molecule has 0 aromatic rings. The average molecular weight is 272 g/mol. The highest BCUT2D eigenvalue weighted by molar-refractivity contribution is 5.09. The molecule has 0 atom stereocenters. The molecule has 0 unspecified atom stereocenters. The summed E-state index contributed by atoms with van der Waals surface area (Å²) in [5, 5.41) is 13.4. The molecular formula is C18H28N2. The Morgan fingerprint density at radius 2 is 1.50 bits per heavy atom. The topological polar surface area (TPSA) is 35.8 Å². The minimum Gasteiger partial charge on any atom is -0.299 e. The van der Waals surface area contributed by atoms with Gasteiger partial charge in [0.25, 0.3) is 0 Å². The van der Waals surface area contributed by atoms with E-state index in [1.807, 2.05) is 0 Å². The van der Waals surface area contributed by atoms with E-state index >= 15 is 0 Å². The van der Waals surface area contributed by atoms with Crippen molar-refractivity contribution in [2.45, 2.75) is 69.7 Å². The van der Waals surface area contributed by atoms with Crippen LogP contribution in [0.3, 0.4) is 0 Å². The molecule has 5 rings (SSSR count). The summed E-state index contributed by atoms with van der Waals surface area (Å²) in [5.74, 6) is 4.98. The summed E-state index contributed by atoms with van der Waals surface area (Å²) in [7, 11) is 0. The first-order valence-corrected chi connectivity index (χ1v) is 8.94. The van der Waals surface area contributed by atoms with Gasteiger partial charge < -0.3 is 0 Å². The van der Waals surface area contributed by atoms with Crippen LogP contribution < -0.4 is 5.32 Å². The van der Waals surface area contributed by atoms with Gasteiger partial charge in [0.05, 0.1) is 6.07 Å². The summed E-state index contributed by atoms with van der Waals surface area (Å²) in [4.78, 5) is 0. The molecule has 2 nitrogen and oxygen atoms in total. The molecule has 0 amide bonds. The van der Waals surface area contributed by atoms with Gasteiger partial charge in [0.2, 0.25) is 0 Å². The van der Waals surface area contributed by atoms with Gasteiger partial charge in [0.1, 0.15) is 5.54 Å². The predicted octanol–water partition coefficient (Wildman–Crippen LogP) is 3.87. The number of rotatable bonds is 3. The van der Waals surface area contributed by atoms with E-state index in [1.165, 1.54) is 51.4 Å². The van der Waals surface area contributed by atoms with Gasteiger partial charge in [-0.15, -0.1) is 0 Å². The summed E-state index contributed by atoms with van der Waals surface area (Å²) >= 11 is 0. The lowest BCUT2D eigenvalue weighted by Crippen LogP contribution is -2.53. The molecule has 20 heavy (non-hydrogen) atoms. The minimum atomic E-state index is -0.174. The van der Waals surface area contributed by atoms with E-state index in [4.69, 9.17) is 0 Å². The van der Waals surface area contributed by atoms with E-state index in [2.05, 4.69) is 11.4 Å². The molecule has 110 valence electrons. The summed E-state index contributed by atoms with van der Waals surface area (Å²) in [6.45, 7) is 1.13. The molecule has 0 aromatic heterocycles. The van der Waals surface area contributed by atoms with Gasteiger partial charge in [-0.05, 0) is 81.1 Å². The Hall–Kier alpha value is -0.550. The highest BCUT2D eigenvalue weighted by Gasteiger charge is 2.48. The van der Waals surface area contributed by atoms with E-state index in [1.54, 1.807) is 0 Å².